The summed E-state index contributed by atoms with van der Waals surface area (Å²) in [6.45, 7) is 8.22. The van der Waals surface area contributed by atoms with Crippen LogP contribution in [0.15, 0.2) is 30.9 Å². The van der Waals surface area contributed by atoms with E-state index < -0.39 is 110 Å². The molecule has 3 N–H and O–H groups in total. The molecule has 19 heteroatoms. The maximum absolute atomic E-state index is 14.5. The number of sulfonamides is 1. The number of nitrogens with zero attached hydrogens (tertiary/aromatic N) is 2. The Bertz CT molecular complexity index is 1970. The molecule has 3 heterocycles. The third-order valence-electron chi connectivity index (χ3n) is 10.7. The second-order valence-electron chi connectivity index (χ2n) is 16.2. The minimum absolute atomic E-state index is 0.0384. The molecule has 5 aliphatic rings. The van der Waals surface area contributed by atoms with Gasteiger partial charge in [-0.25, -0.2) is 17.6 Å². The van der Waals surface area contributed by atoms with Crippen molar-refractivity contribution >= 4 is 51.7 Å². The molecule has 2 aliphatic carbocycles. The Morgan fingerprint density at radius 1 is 1.11 bits per heavy atom. The molecule has 6 atom stereocenters. The summed E-state index contributed by atoms with van der Waals surface area (Å²) >= 11 is 0. The molecular weight excluding hydrogens is 770 g/mol. The first-order chi connectivity index (χ1) is 26.8. The standard InChI is InChI=1S/C38H48FN5O12S/c1-5-23-17-38(23,35(50)42-57(52,53)25-9-10-25)41-32(47)28-16-24(54-36(51)43-18-22-7-6-8-27(39)26(22)20-43)19-44(28)34(49)21(15-31(46)56-37(2,3)4)13-14-40-33(48)29-11-12-30(45)55-29/h5-8,21,23-25,28-29H,1,9-20H2,2-4H3,(H,40,48)(H,41,47)(H,42,50)/t21-,23?,24-,28+,29-,38-/m1/s1. The molecule has 0 bridgehead atoms. The number of fused-ring (bicyclic) bond motifs is 1. The summed E-state index contributed by atoms with van der Waals surface area (Å²) in [7, 11) is -3.99. The van der Waals surface area contributed by atoms with Crippen molar-refractivity contribution in [3.8, 4) is 0 Å². The lowest BCUT2D eigenvalue weighted by Gasteiger charge is -2.30. The molecule has 0 spiro atoms. The van der Waals surface area contributed by atoms with E-state index in [-0.39, 0.29) is 58.3 Å². The Morgan fingerprint density at radius 3 is 2.46 bits per heavy atom. The van der Waals surface area contributed by atoms with Crippen LogP contribution in [0.4, 0.5) is 9.18 Å². The summed E-state index contributed by atoms with van der Waals surface area (Å²) < 4.78 is 58.2. The third kappa shape index (κ3) is 9.56. The highest BCUT2D eigenvalue weighted by atomic mass is 32.2. The Morgan fingerprint density at radius 2 is 1.84 bits per heavy atom. The van der Waals surface area contributed by atoms with Crippen molar-refractivity contribution in [2.45, 2.75) is 120 Å². The summed E-state index contributed by atoms with van der Waals surface area (Å²) in [5.74, 6) is -6.61. The van der Waals surface area contributed by atoms with Crippen LogP contribution < -0.4 is 15.4 Å². The van der Waals surface area contributed by atoms with E-state index >= 15 is 0 Å². The number of hydrogen-bond acceptors (Lipinski definition) is 12. The SMILES string of the molecule is C=CC1C[C@]1(NC(=O)[C@@H]1C[C@@H](OC(=O)N2Cc3cccc(F)c3C2)CN1C(=O)[C@H](CCNC(=O)[C@H]1CCC(=O)O1)CC(=O)OC(C)(C)C)C(=O)NS(=O)(=O)C1CC1. The van der Waals surface area contributed by atoms with Crippen molar-refractivity contribution in [3.63, 3.8) is 0 Å². The molecule has 17 nitrogen and oxygen atoms in total. The Labute approximate surface area is 329 Å². The minimum Gasteiger partial charge on any atom is -0.460 e. The molecule has 1 aromatic carbocycles. The molecule has 57 heavy (non-hydrogen) atoms. The number of hydrogen-bond donors (Lipinski definition) is 3. The van der Waals surface area contributed by atoms with Crippen molar-refractivity contribution in [2.24, 2.45) is 11.8 Å². The number of esters is 2. The maximum atomic E-state index is 14.5. The molecule has 6 rings (SSSR count). The zero-order chi connectivity index (χ0) is 41.4. The molecule has 4 fully saturated rings. The van der Waals surface area contributed by atoms with Gasteiger partial charge in [-0.1, -0.05) is 18.2 Å². The Balaban J connectivity index is 1.22. The number of rotatable bonds is 14. The van der Waals surface area contributed by atoms with Crippen LogP contribution >= 0.6 is 0 Å². The molecule has 0 radical (unpaired) electrons. The number of benzene rings is 1. The van der Waals surface area contributed by atoms with E-state index in [0.29, 0.717) is 24.0 Å². The third-order valence-corrected chi connectivity index (χ3v) is 12.5. The minimum atomic E-state index is -3.99. The van der Waals surface area contributed by atoms with Gasteiger partial charge in [0, 0.05) is 43.8 Å². The molecule has 310 valence electrons. The van der Waals surface area contributed by atoms with E-state index in [1.807, 2.05) is 0 Å². The highest BCUT2D eigenvalue weighted by Crippen LogP contribution is 2.45. The molecule has 3 aliphatic heterocycles. The second kappa shape index (κ2) is 16.1. The van der Waals surface area contributed by atoms with Gasteiger partial charge in [-0.2, -0.15) is 0 Å². The van der Waals surface area contributed by atoms with Crippen molar-refractivity contribution < 1.29 is 60.6 Å². The molecule has 1 aromatic rings. The first-order valence-corrected chi connectivity index (χ1v) is 20.6. The highest BCUT2D eigenvalue weighted by Gasteiger charge is 2.62. The number of amides is 5. The van der Waals surface area contributed by atoms with Crippen LogP contribution in [-0.2, 0) is 66.1 Å². The number of likely N-dealkylation sites (tertiary alicyclic amines) is 1. The Kier molecular flexibility index (Phi) is 11.7. The van der Waals surface area contributed by atoms with Gasteiger partial charge in [0.1, 0.15) is 29.1 Å². The smallest absolute Gasteiger partial charge is 0.410 e. The van der Waals surface area contributed by atoms with Gasteiger partial charge in [0.2, 0.25) is 21.8 Å². The van der Waals surface area contributed by atoms with Gasteiger partial charge in [-0.3, -0.25) is 38.4 Å². The van der Waals surface area contributed by atoms with Gasteiger partial charge in [-0.05, 0) is 58.1 Å². The molecule has 2 saturated heterocycles. The second-order valence-corrected chi connectivity index (χ2v) is 18.2. The van der Waals surface area contributed by atoms with Gasteiger partial charge >= 0.3 is 18.0 Å². The topological polar surface area (TPSA) is 224 Å². The van der Waals surface area contributed by atoms with Crippen LogP contribution in [-0.4, -0.2) is 108 Å². The summed E-state index contributed by atoms with van der Waals surface area (Å²) in [6, 6.07) is 3.13. The summed E-state index contributed by atoms with van der Waals surface area (Å²) in [4.78, 5) is 95.4. The fraction of sp³-hybridized carbons (Fsp3) is 0.605. The number of cyclic esters (lactones) is 1. The van der Waals surface area contributed by atoms with Crippen LogP contribution in [0.3, 0.4) is 0 Å². The lowest BCUT2D eigenvalue weighted by atomic mass is 9.98. The van der Waals surface area contributed by atoms with Gasteiger partial charge in [0.25, 0.3) is 11.8 Å². The molecule has 1 unspecified atom stereocenters. The molecule has 5 amide bonds. The predicted molar refractivity (Wildman–Crippen MR) is 196 cm³/mol. The van der Waals surface area contributed by atoms with Gasteiger partial charge in [-0.15, -0.1) is 6.58 Å². The van der Waals surface area contributed by atoms with E-state index in [9.17, 15) is 46.4 Å². The first kappa shape index (κ1) is 41.6. The number of carbonyl (C=O) groups excluding carboxylic acids is 7. The van der Waals surface area contributed by atoms with E-state index in [1.54, 1.807) is 26.8 Å². The van der Waals surface area contributed by atoms with Crippen molar-refractivity contribution in [3.05, 3.63) is 47.8 Å². The lowest BCUT2D eigenvalue weighted by molar-refractivity contribution is -0.159. The van der Waals surface area contributed by atoms with Gasteiger partial charge in [0.05, 0.1) is 30.7 Å². The van der Waals surface area contributed by atoms with E-state index in [0.717, 1.165) is 4.90 Å². The molecule has 2 saturated carbocycles. The van der Waals surface area contributed by atoms with Crippen LogP contribution in [0.1, 0.15) is 83.3 Å². The Hall–Kier alpha value is -5.07. The molecule has 0 aromatic heterocycles. The maximum Gasteiger partial charge on any atom is 0.410 e. The summed E-state index contributed by atoms with van der Waals surface area (Å²) in [6.07, 6.45) is -1.18. The average Bonchev–Trinajstić information content (AvgIpc) is 3.95. The monoisotopic (exact) mass is 817 g/mol. The number of halogens is 1. The van der Waals surface area contributed by atoms with Crippen molar-refractivity contribution in [2.75, 3.05) is 13.1 Å². The normalized spacial score (nSPS) is 25.8. The number of carbonyl (C=O) groups is 7. The summed E-state index contributed by atoms with van der Waals surface area (Å²) in [5.41, 5.74) is -1.65. The van der Waals surface area contributed by atoms with Gasteiger partial charge in [0.15, 0.2) is 6.10 Å². The van der Waals surface area contributed by atoms with Crippen molar-refractivity contribution in [1.29, 1.82) is 0 Å². The number of nitrogens with one attached hydrogen (secondary N) is 3. The number of ether oxygens (including phenoxy) is 3. The van der Waals surface area contributed by atoms with E-state index in [2.05, 4.69) is 21.9 Å². The first-order valence-electron chi connectivity index (χ1n) is 19.0. The highest BCUT2D eigenvalue weighted by molar-refractivity contribution is 7.91. The quantitative estimate of drug-likeness (QED) is 0.138. The lowest BCUT2D eigenvalue weighted by Crippen LogP contribution is -2.57. The van der Waals surface area contributed by atoms with E-state index in [4.69, 9.17) is 14.2 Å². The summed E-state index contributed by atoms with van der Waals surface area (Å²) in [5, 5.41) is 4.58. The predicted octanol–water partition coefficient (Wildman–Crippen LogP) is 1.48. The largest absolute Gasteiger partial charge is 0.460 e. The zero-order valence-electron chi connectivity index (χ0n) is 32.0. The fourth-order valence-corrected chi connectivity index (χ4v) is 8.81. The van der Waals surface area contributed by atoms with Crippen LogP contribution in [0.2, 0.25) is 0 Å². The average molecular weight is 818 g/mol. The molecular formula is C38H48FN5O12S. The van der Waals surface area contributed by atoms with E-state index in [1.165, 1.54) is 23.1 Å². The zero-order valence-corrected chi connectivity index (χ0v) is 32.9. The van der Waals surface area contributed by atoms with Crippen LogP contribution in [0.5, 0.6) is 0 Å². The van der Waals surface area contributed by atoms with Crippen LogP contribution in [0.25, 0.3) is 0 Å². The van der Waals surface area contributed by atoms with Gasteiger partial charge < -0.3 is 29.7 Å². The fourth-order valence-electron chi connectivity index (χ4n) is 7.45. The van der Waals surface area contributed by atoms with Crippen molar-refractivity contribution in [1.82, 2.24) is 25.2 Å². The van der Waals surface area contributed by atoms with Crippen LogP contribution in [0, 0.1) is 17.7 Å².